The Labute approximate surface area is 122 Å². The van der Waals surface area contributed by atoms with Crippen molar-refractivity contribution in [3.63, 3.8) is 0 Å². The second-order valence-electron chi connectivity index (χ2n) is 6.49. The lowest BCUT2D eigenvalue weighted by molar-refractivity contribution is 0.00853. The summed E-state index contributed by atoms with van der Waals surface area (Å²) in [4.78, 5) is 7.11. The Bertz CT molecular complexity index is 423. The van der Waals surface area contributed by atoms with Crippen LogP contribution in [0.1, 0.15) is 55.7 Å². The van der Waals surface area contributed by atoms with Crippen LogP contribution in [0.15, 0.2) is 18.3 Å². The first-order valence-corrected chi connectivity index (χ1v) is 8.09. The zero-order valence-corrected chi connectivity index (χ0v) is 12.5. The molecule has 1 saturated heterocycles. The summed E-state index contributed by atoms with van der Waals surface area (Å²) in [6, 6.07) is 4.76. The Balaban J connectivity index is 1.57. The molecule has 3 nitrogen and oxygen atoms in total. The number of aromatic nitrogens is 1. The fourth-order valence-electron chi connectivity index (χ4n) is 3.77. The first-order chi connectivity index (χ1) is 9.74. The molecule has 0 bridgehead atoms. The summed E-state index contributed by atoms with van der Waals surface area (Å²) in [6.07, 6.45) is 8.88. The molecule has 2 heterocycles. The molecule has 1 saturated carbocycles. The molecule has 0 amide bonds. The number of hydrogen-bond acceptors (Lipinski definition) is 3. The van der Waals surface area contributed by atoms with Gasteiger partial charge in [-0.3, -0.25) is 9.88 Å². The van der Waals surface area contributed by atoms with Gasteiger partial charge in [0.1, 0.15) is 0 Å². The van der Waals surface area contributed by atoms with E-state index < -0.39 is 0 Å². The van der Waals surface area contributed by atoms with Crippen molar-refractivity contribution < 1.29 is 5.11 Å². The van der Waals surface area contributed by atoms with Crippen LogP contribution in [-0.4, -0.2) is 40.2 Å². The molecule has 1 aliphatic heterocycles. The van der Waals surface area contributed by atoms with Gasteiger partial charge in [0, 0.05) is 23.9 Å². The monoisotopic (exact) mass is 274 g/mol. The first kappa shape index (κ1) is 14.0. The topological polar surface area (TPSA) is 36.4 Å². The molecule has 3 heteroatoms. The minimum atomic E-state index is -0.0993. The van der Waals surface area contributed by atoms with E-state index >= 15 is 0 Å². The van der Waals surface area contributed by atoms with Crippen LogP contribution in [0.25, 0.3) is 0 Å². The van der Waals surface area contributed by atoms with Crippen molar-refractivity contribution in [2.24, 2.45) is 0 Å². The van der Waals surface area contributed by atoms with E-state index in [0.29, 0.717) is 12.0 Å². The lowest BCUT2D eigenvalue weighted by Crippen LogP contribution is -2.48. The van der Waals surface area contributed by atoms with Crippen molar-refractivity contribution in [3.8, 4) is 0 Å². The maximum absolute atomic E-state index is 10.2. The van der Waals surface area contributed by atoms with Crippen LogP contribution in [0, 0.1) is 6.92 Å². The van der Waals surface area contributed by atoms with Gasteiger partial charge in [-0.1, -0.05) is 18.9 Å². The zero-order valence-electron chi connectivity index (χ0n) is 12.5. The molecule has 2 fully saturated rings. The summed E-state index contributed by atoms with van der Waals surface area (Å²) >= 11 is 0. The second-order valence-corrected chi connectivity index (χ2v) is 6.49. The van der Waals surface area contributed by atoms with Crippen LogP contribution >= 0.6 is 0 Å². The van der Waals surface area contributed by atoms with Crippen LogP contribution in [0.5, 0.6) is 0 Å². The molecule has 2 unspecified atom stereocenters. The smallest absolute Gasteiger partial charge is 0.0695 e. The summed E-state index contributed by atoms with van der Waals surface area (Å²) in [7, 11) is 0. The van der Waals surface area contributed by atoms with Crippen molar-refractivity contribution in [1.29, 1.82) is 0 Å². The highest BCUT2D eigenvalue weighted by molar-refractivity contribution is 5.16. The van der Waals surface area contributed by atoms with Crippen molar-refractivity contribution in [2.45, 2.75) is 63.5 Å². The van der Waals surface area contributed by atoms with Crippen molar-refractivity contribution in [1.82, 2.24) is 9.88 Å². The lowest BCUT2D eigenvalue weighted by atomic mass is 9.87. The third-order valence-electron chi connectivity index (χ3n) is 5.05. The van der Waals surface area contributed by atoms with E-state index in [9.17, 15) is 5.11 Å². The van der Waals surface area contributed by atoms with Gasteiger partial charge in [0.05, 0.1) is 6.10 Å². The molecule has 0 spiro atoms. The van der Waals surface area contributed by atoms with E-state index in [1.54, 1.807) is 0 Å². The predicted octanol–water partition coefficient (Wildman–Crippen LogP) is 2.87. The minimum absolute atomic E-state index is 0.0993. The van der Waals surface area contributed by atoms with Crippen LogP contribution in [0.3, 0.4) is 0 Å². The van der Waals surface area contributed by atoms with Crippen LogP contribution in [-0.2, 0) is 0 Å². The molecule has 110 valence electrons. The Morgan fingerprint density at radius 3 is 2.50 bits per heavy atom. The molecule has 3 rings (SSSR count). The second kappa shape index (κ2) is 6.23. The molecule has 2 atom stereocenters. The molecule has 1 N–H and O–H groups in total. The third-order valence-corrected chi connectivity index (χ3v) is 5.05. The van der Waals surface area contributed by atoms with E-state index in [-0.39, 0.29) is 6.10 Å². The molecule has 1 aromatic heterocycles. The van der Waals surface area contributed by atoms with Crippen molar-refractivity contribution in [3.05, 3.63) is 29.6 Å². The van der Waals surface area contributed by atoms with Gasteiger partial charge in [-0.05, 0) is 57.3 Å². The minimum Gasteiger partial charge on any atom is -0.391 e. The zero-order chi connectivity index (χ0) is 13.9. The van der Waals surface area contributed by atoms with Gasteiger partial charge in [0.2, 0.25) is 0 Å². The van der Waals surface area contributed by atoms with E-state index in [1.807, 2.05) is 6.20 Å². The van der Waals surface area contributed by atoms with Crippen LogP contribution in [0.4, 0.5) is 0 Å². The average Bonchev–Trinajstić information content (AvgIpc) is 2.49. The van der Waals surface area contributed by atoms with Gasteiger partial charge in [-0.15, -0.1) is 0 Å². The summed E-state index contributed by atoms with van der Waals surface area (Å²) < 4.78 is 0. The first-order valence-electron chi connectivity index (χ1n) is 8.09. The number of nitrogens with zero attached hydrogens (tertiary/aromatic N) is 2. The SMILES string of the molecule is Cc1ccc(C2CCN(C3CCCCC3O)CC2)nc1. The number of hydrogen-bond donors (Lipinski definition) is 1. The molecule has 20 heavy (non-hydrogen) atoms. The summed E-state index contributed by atoms with van der Waals surface area (Å²) in [5.74, 6) is 0.604. The Kier molecular flexibility index (Phi) is 4.37. The van der Waals surface area contributed by atoms with E-state index in [1.165, 1.54) is 43.4 Å². The number of pyridine rings is 1. The fourth-order valence-corrected chi connectivity index (χ4v) is 3.77. The Morgan fingerprint density at radius 2 is 1.85 bits per heavy atom. The number of aliphatic hydroxyl groups is 1. The van der Waals surface area contributed by atoms with Gasteiger partial charge in [-0.25, -0.2) is 0 Å². The average molecular weight is 274 g/mol. The van der Waals surface area contributed by atoms with E-state index in [0.717, 1.165) is 19.5 Å². The predicted molar refractivity (Wildman–Crippen MR) is 80.8 cm³/mol. The fraction of sp³-hybridized carbons (Fsp3) is 0.706. The molecule has 0 aromatic carbocycles. The molecule has 0 radical (unpaired) electrons. The highest BCUT2D eigenvalue weighted by atomic mass is 16.3. The molecule has 2 aliphatic rings. The van der Waals surface area contributed by atoms with Gasteiger partial charge >= 0.3 is 0 Å². The summed E-state index contributed by atoms with van der Waals surface area (Å²) in [6.45, 7) is 4.31. The van der Waals surface area contributed by atoms with Gasteiger partial charge < -0.3 is 5.11 Å². The number of likely N-dealkylation sites (tertiary alicyclic amines) is 1. The maximum Gasteiger partial charge on any atom is 0.0695 e. The maximum atomic E-state index is 10.2. The summed E-state index contributed by atoms with van der Waals surface area (Å²) in [5.41, 5.74) is 2.48. The van der Waals surface area contributed by atoms with Crippen molar-refractivity contribution in [2.75, 3.05) is 13.1 Å². The molecule has 1 aliphatic carbocycles. The van der Waals surface area contributed by atoms with Gasteiger partial charge in [0.25, 0.3) is 0 Å². The normalized spacial score (nSPS) is 29.5. The van der Waals surface area contributed by atoms with Crippen molar-refractivity contribution >= 4 is 0 Å². The summed E-state index contributed by atoms with van der Waals surface area (Å²) in [5, 5.41) is 10.2. The number of piperidine rings is 1. The molecule has 1 aromatic rings. The lowest BCUT2D eigenvalue weighted by Gasteiger charge is -2.41. The Morgan fingerprint density at radius 1 is 1.10 bits per heavy atom. The van der Waals surface area contributed by atoms with Gasteiger partial charge in [0.15, 0.2) is 0 Å². The molecular formula is C17H26N2O. The van der Waals surface area contributed by atoms with E-state index in [2.05, 4.69) is 28.9 Å². The van der Waals surface area contributed by atoms with Crippen LogP contribution < -0.4 is 0 Å². The highest BCUT2D eigenvalue weighted by Gasteiger charge is 2.31. The Hall–Kier alpha value is -0.930. The largest absolute Gasteiger partial charge is 0.391 e. The number of rotatable bonds is 2. The highest BCUT2D eigenvalue weighted by Crippen LogP contribution is 2.31. The standard InChI is InChI=1S/C17H26N2O/c1-13-6-7-15(18-12-13)14-8-10-19(11-9-14)16-4-2-3-5-17(16)20/h6-7,12,14,16-17,20H,2-5,8-11H2,1H3. The van der Waals surface area contributed by atoms with Crippen LogP contribution in [0.2, 0.25) is 0 Å². The molecular weight excluding hydrogens is 248 g/mol. The quantitative estimate of drug-likeness (QED) is 0.901. The number of aliphatic hydroxyl groups excluding tert-OH is 1. The third kappa shape index (κ3) is 3.04. The van der Waals surface area contributed by atoms with E-state index in [4.69, 9.17) is 0 Å². The van der Waals surface area contributed by atoms with Gasteiger partial charge in [-0.2, -0.15) is 0 Å². The number of aryl methyl sites for hydroxylation is 1.